The molecule has 0 aromatic rings. The van der Waals surface area contributed by atoms with Gasteiger partial charge in [0.15, 0.2) is 0 Å². The van der Waals surface area contributed by atoms with Gasteiger partial charge in [-0.25, -0.2) is 0 Å². The van der Waals surface area contributed by atoms with Crippen LogP contribution in [0.15, 0.2) is 0 Å². The molecule has 1 saturated heterocycles. The predicted molar refractivity (Wildman–Crippen MR) is 84.2 cm³/mol. The van der Waals surface area contributed by atoms with Crippen molar-refractivity contribution in [3.05, 3.63) is 0 Å². The zero-order chi connectivity index (χ0) is 15.3. The standard InChI is InChI=1S/C15H30N2O3S/c1-2-14-7-9-15(18,10-8-14)13-16-21(19,20)17-11-5-3-4-6-12-17/h14,16,18H,2-13H2,1H3. The van der Waals surface area contributed by atoms with E-state index in [1.54, 1.807) is 4.31 Å². The Bertz CT molecular complexity index is 409. The van der Waals surface area contributed by atoms with E-state index in [1.165, 1.54) is 0 Å². The van der Waals surface area contributed by atoms with E-state index < -0.39 is 15.8 Å². The van der Waals surface area contributed by atoms with Crippen molar-refractivity contribution in [2.24, 2.45) is 5.92 Å². The van der Waals surface area contributed by atoms with Gasteiger partial charge in [0.25, 0.3) is 10.2 Å². The van der Waals surface area contributed by atoms with E-state index in [0.29, 0.717) is 31.8 Å². The first-order valence-electron chi connectivity index (χ1n) is 8.42. The summed E-state index contributed by atoms with van der Waals surface area (Å²) >= 11 is 0. The number of rotatable bonds is 5. The number of nitrogens with one attached hydrogen (secondary N) is 1. The number of hydrogen-bond acceptors (Lipinski definition) is 3. The largest absolute Gasteiger partial charge is 0.389 e. The maximum atomic E-state index is 12.3. The van der Waals surface area contributed by atoms with Crippen molar-refractivity contribution in [2.75, 3.05) is 19.6 Å². The van der Waals surface area contributed by atoms with Crippen LogP contribution in [0.5, 0.6) is 0 Å². The van der Waals surface area contributed by atoms with E-state index in [1.807, 2.05) is 0 Å². The smallest absolute Gasteiger partial charge is 0.279 e. The van der Waals surface area contributed by atoms with Gasteiger partial charge >= 0.3 is 0 Å². The Hall–Kier alpha value is -0.170. The minimum Gasteiger partial charge on any atom is -0.389 e. The topological polar surface area (TPSA) is 69.6 Å². The molecule has 0 aromatic carbocycles. The summed E-state index contributed by atoms with van der Waals surface area (Å²) in [6.07, 6.45) is 8.63. The molecule has 5 nitrogen and oxygen atoms in total. The maximum absolute atomic E-state index is 12.3. The molecule has 0 atom stereocenters. The lowest BCUT2D eigenvalue weighted by atomic mass is 9.78. The van der Waals surface area contributed by atoms with Crippen LogP contribution in [0.25, 0.3) is 0 Å². The zero-order valence-corrected chi connectivity index (χ0v) is 14.0. The highest BCUT2D eigenvalue weighted by atomic mass is 32.2. The summed E-state index contributed by atoms with van der Waals surface area (Å²) in [4.78, 5) is 0. The molecule has 0 aromatic heterocycles. The van der Waals surface area contributed by atoms with Gasteiger partial charge in [-0.2, -0.15) is 17.4 Å². The van der Waals surface area contributed by atoms with E-state index in [0.717, 1.165) is 44.9 Å². The normalized spacial score (nSPS) is 32.8. The first-order chi connectivity index (χ1) is 9.95. The van der Waals surface area contributed by atoms with E-state index in [9.17, 15) is 13.5 Å². The van der Waals surface area contributed by atoms with Crippen molar-refractivity contribution in [3.63, 3.8) is 0 Å². The number of hydrogen-bond donors (Lipinski definition) is 2. The minimum absolute atomic E-state index is 0.155. The van der Waals surface area contributed by atoms with E-state index in [-0.39, 0.29) is 6.54 Å². The van der Waals surface area contributed by atoms with Crippen LogP contribution < -0.4 is 4.72 Å². The van der Waals surface area contributed by atoms with Gasteiger partial charge in [-0.05, 0) is 44.4 Å². The molecular weight excluding hydrogens is 288 g/mol. The number of aliphatic hydroxyl groups is 1. The van der Waals surface area contributed by atoms with Crippen molar-refractivity contribution in [2.45, 2.75) is 70.3 Å². The third kappa shape index (κ3) is 4.91. The van der Waals surface area contributed by atoms with Gasteiger partial charge in [0.05, 0.1) is 5.60 Å². The summed E-state index contributed by atoms with van der Waals surface area (Å²) in [5.41, 5.74) is -0.857. The molecule has 6 heteroatoms. The fourth-order valence-corrected chi connectivity index (χ4v) is 4.77. The predicted octanol–water partition coefficient (Wildman–Crippen LogP) is 2.03. The van der Waals surface area contributed by atoms with Gasteiger partial charge in [-0.3, -0.25) is 0 Å². The Kier molecular flexibility index (Phi) is 6.05. The third-order valence-electron chi connectivity index (χ3n) is 5.10. The van der Waals surface area contributed by atoms with Crippen molar-refractivity contribution >= 4 is 10.2 Å². The fourth-order valence-electron chi connectivity index (χ4n) is 3.40. The summed E-state index contributed by atoms with van der Waals surface area (Å²) < 4.78 is 28.9. The third-order valence-corrected chi connectivity index (χ3v) is 6.66. The van der Waals surface area contributed by atoms with Gasteiger partial charge in [0.2, 0.25) is 0 Å². The number of nitrogens with zero attached hydrogens (tertiary/aromatic N) is 1. The first kappa shape index (κ1) is 17.2. The van der Waals surface area contributed by atoms with Crippen LogP contribution in [0.3, 0.4) is 0 Å². The Morgan fingerprint density at radius 1 is 1.14 bits per heavy atom. The second-order valence-electron chi connectivity index (χ2n) is 6.72. The molecule has 0 bridgehead atoms. The molecule has 2 N–H and O–H groups in total. The Labute approximate surface area is 129 Å². The SMILES string of the molecule is CCC1CCC(O)(CNS(=O)(=O)N2CCCCCC2)CC1. The van der Waals surface area contributed by atoms with Gasteiger partial charge in [-0.1, -0.05) is 26.2 Å². The average molecular weight is 318 g/mol. The molecule has 1 heterocycles. The molecule has 1 aliphatic carbocycles. The van der Waals surface area contributed by atoms with Crippen LogP contribution in [0.4, 0.5) is 0 Å². The average Bonchev–Trinajstić information content (AvgIpc) is 2.76. The van der Waals surface area contributed by atoms with E-state index >= 15 is 0 Å². The molecule has 1 saturated carbocycles. The van der Waals surface area contributed by atoms with Crippen molar-refractivity contribution in [3.8, 4) is 0 Å². The molecule has 0 spiro atoms. The maximum Gasteiger partial charge on any atom is 0.279 e. The monoisotopic (exact) mass is 318 g/mol. The summed E-state index contributed by atoms with van der Waals surface area (Å²) in [5.74, 6) is 0.687. The van der Waals surface area contributed by atoms with E-state index in [4.69, 9.17) is 0 Å². The Morgan fingerprint density at radius 2 is 1.71 bits per heavy atom. The highest BCUT2D eigenvalue weighted by Gasteiger charge is 2.34. The first-order valence-corrected chi connectivity index (χ1v) is 9.86. The van der Waals surface area contributed by atoms with E-state index in [2.05, 4.69) is 11.6 Å². The highest BCUT2D eigenvalue weighted by Crippen LogP contribution is 2.33. The van der Waals surface area contributed by atoms with Crippen LogP contribution in [-0.2, 0) is 10.2 Å². The van der Waals surface area contributed by atoms with Crippen molar-refractivity contribution < 1.29 is 13.5 Å². The van der Waals surface area contributed by atoms with Gasteiger partial charge in [0.1, 0.15) is 0 Å². The summed E-state index contributed by atoms with van der Waals surface area (Å²) in [5, 5.41) is 10.6. The molecule has 124 valence electrons. The second kappa shape index (κ2) is 7.40. The molecule has 21 heavy (non-hydrogen) atoms. The summed E-state index contributed by atoms with van der Waals surface area (Å²) in [6.45, 7) is 3.54. The van der Waals surface area contributed by atoms with Crippen molar-refractivity contribution in [1.29, 1.82) is 0 Å². The quantitative estimate of drug-likeness (QED) is 0.815. The molecule has 2 aliphatic rings. The van der Waals surface area contributed by atoms with Crippen molar-refractivity contribution in [1.82, 2.24) is 9.03 Å². The Morgan fingerprint density at radius 3 is 2.24 bits per heavy atom. The van der Waals surface area contributed by atoms with Crippen LogP contribution in [-0.4, -0.2) is 43.1 Å². The molecule has 1 aliphatic heterocycles. The highest BCUT2D eigenvalue weighted by molar-refractivity contribution is 7.87. The molecule has 2 rings (SSSR count). The molecule has 0 unspecified atom stereocenters. The lowest BCUT2D eigenvalue weighted by molar-refractivity contribution is -0.00470. The summed E-state index contributed by atoms with van der Waals surface area (Å²) in [7, 11) is -3.44. The fraction of sp³-hybridized carbons (Fsp3) is 1.00. The Balaban J connectivity index is 1.86. The van der Waals surface area contributed by atoms with Gasteiger partial charge < -0.3 is 5.11 Å². The minimum atomic E-state index is -3.44. The summed E-state index contributed by atoms with van der Waals surface area (Å²) in [6, 6.07) is 0. The molecule has 0 radical (unpaired) electrons. The zero-order valence-electron chi connectivity index (χ0n) is 13.2. The lowest BCUT2D eigenvalue weighted by Crippen LogP contribution is -2.49. The van der Waals surface area contributed by atoms with Crippen LogP contribution in [0, 0.1) is 5.92 Å². The van der Waals surface area contributed by atoms with Gasteiger partial charge in [0, 0.05) is 19.6 Å². The lowest BCUT2D eigenvalue weighted by Gasteiger charge is -2.36. The molecule has 0 amide bonds. The molecule has 2 fully saturated rings. The van der Waals surface area contributed by atoms with Crippen LogP contribution in [0.2, 0.25) is 0 Å². The van der Waals surface area contributed by atoms with Gasteiger partial charge in [-0.15, -0.1) is 0 Å². The molecular formula is C15H30N2O3S. The second-order valence-corrected chi connectivity index (χ2v) is 8.47. The van der Waals surface area contributed by atoms with Crippen LogP contribution >= 0.6 is 0 Å². The van der Waals surface area contributed by atoms with Crippen LogP contribution in [0.1, 0.15) is 64.7 Å².